The summed E-state index contributed by atoms with van der Waals surface area (Å²) in [4.78, 5) is 22.1. The van der Waals surface area contributed by atoms with Crippen LogP contribution >= 0.6 is 0 Å². The van der Waals surface area contributed by atoms with E-state index in [9.17, 15) is 9.59 Å². The molecule has 1 unspecified atom stereocenters. The third-order valence-electron chi connectivity index (χ3n) is 2.16. The normalized spacial score (nSPS) is 11.8. The molecule has 0 aromatic carbocycles. The molecule has 0 radical (unpaired) electrons. The number of carbonyl (C=O) groups excluding carboxylic acids is 2. The van der Waals surface area contributed by atoms with Gasteiger partial charge in [0.05, 0.1) is 0 Å². The van der Waals surface area contributed by atoms with Crippen LogP contribution in [0.1, 0.15) is 33.6 Å². The third-order valence-corrected chi connectivity index (χ3v) is 2.16. The molecule has 0 aliphatic heterocycles. The van der Waals surface area contributed by atoms with Crippen LogP contribution in [0.4, 0.5) is 4.79 Å². The summed E-state index contributed by atoms with van der Waals surface area (Å²) >= 11 is 0. The quantitative estimate of drug-likeness (QED) is 0.411. The van der Waals surface area contributed by atoms with Crippen molar-refractivity contribution in [1.82, 2.24) is 5.32 Å². The molecule has 18 heavy (non-hydrogen) atoms. The molecule has 104 valence electrons. The monoisotopic (exact) mass is 257 g/mol. The van der Waals surface area contributed by atoms with Gasteiger partial charge in [-0.15, -0.1) is 0 Å². The smallest absolute Gasteiger partial charge is 0.407 e. The van der Waals surface area contributed by atoms with Crippen LogP contribution in [0, 0.1) is 5.92 Å². The van der Waals surface area contributed by atoms with Crippen molar-refractivity contribution in [3.63, 3.8) is 0 Å². The van der Waals surface area contributed by atoms with Gasteiger partial charge in [-0.2, -0.15) is 0 Å². The number of alkyl carbamates (subject to hydrolysis) is 1. The minimum absolute atomic E-state index is 0.0320. The molecule has 0 aliphatic rings. The van der Waals surface area contributed by atoms with E-state index in [0.717, 1.165) is 18.9 Å². The van der Waals surface area contributed by atoms with Gasteiger partial charge in [0.25, 0.3) is 0 Å². The van der Waals surface area contributed by atoms with Crippen molar-refractivity contribution < 1.29 is 19.1 Å². The summed E-state index contributed by atoms with van der Waals surface area (Å²) in [5.41, 5.74) is 0. The minimum Gasteiger partial charge on any atom is -0.459 e. The predicted molar refractivity (Wildman–Crippen MR) is 69.2 cm³/mol. The van der Waals surface area contributed by atoms with Crippen molar-refractivity contribution in [3.05, 3.63) is 12.7 Å². The van der Waals surface area contributed by atoms with Crippen LogP contribution in [-0.4, -0.2) is 31.3 Å². The molecule has 0 bridgehead atoms. The van der Waals surface area contributed by atoms with E-state index >= 15 is 0 Å². The largest absolute Gasteiger partial charge is 0.459 e. The fourth-order valence-corrected chi connectivity index (χ4v) is 1.22. The lowest BCUT2D eigenvalue weighted by molar-refractivity contribution is -0.140. The van der Waals surface area contributed by atoms with Crippen molar-refractivity contribution in [2.24, 2.45) is 5.92 Å². The van der Waals surface area contributed by atoms with Crippen LogP contribution in [0.3, 0.4) is 0 Å². The van der Waals surface area contributed by atoms with Crippen LogP contribution in [-0.2, 0) is 14.3 Å². The molecule has 1 N–H and O–H groups in total. The second-order valence-corrected chi connectivity index (χ2v) is 4.51. The lowest BCUT2D eigenvalue weighted by Crippen LogP contribution is -2.31. The van der Waals surface area contributed by atoms with Crippen molar-refractivity contribution in [2.45, 2.75) is 39.7 Å². The van der Waals surface area contributed by atoms with Crippen LogP contribution in [0.2, 0.25) is 0 Å². The highest BCUT2D eigenvalue weighted by molar-refractivity contribution is 5.81. The molecule has 0 aromatic heterocycles. The number of esters is 1. The van der Waals surface area contributed by atoms with Gasteiger partial charge in [0.1, 0.15) is 12.7 Å². The molecule has 5 nitrogen and oxygen atoms in total. The fourth-order valence-electron chi connectivity index (χ4n) is 1.22. The summed E-state index contributed by atoms with van der Waals surface area (Å²) in [6, 6.07) is 0. The van der Waals surface area contributed by atoms with E-state index in [1.807, 2.05) is 0 Å². The predicted octanol–water partition coefficient (Wildman–Crippen LogP) is 2.27. The average molecular weight is 257 g/mol. The molecule has 0 saturated carbocycles. The number of hydrogen-bond acceptors (Lipinski definition) is 4. The van der Waals surface area contributed by atoms with Crippen molar-refractivity contribution >= 4 is 12.1 Å². The van der Waals surface area contributed by atoms with Crippen LogP contribution in [0.5, 0.6) is 0 Å². The molecule has 0 fully saturated rings. The highest BCUT2D eigenvalue weighted by Crippen LogP contribution is 2.02. The van der Waals surface area contributed by atoms with E-state index in [2.05, 4.69) is 25.7 Å². The first-order valence-corrected chi connectivity index (χ1v) is 6.19. The van der Waals surface area contributed by atoms with Gasteiger partial charge in [-0.1, -0.05) is 20.4 Å². The van der Waals surface area contributed by atoms with Gasteiger partial charge < -0.3 is 14.8 Å². The summed E-state index contributed by atoms with van der Waals surface area (Å²) in [5.74, 6) is 0.0999. The molecule has 1 amide bonds. The Labute approximate surface area is 109 Å². The second kappa shape index (κ2) is 9.50. The Balaban J connectivity index is 3.61. The van der Waals surface area contributed by atoms with E-state index < -0.39 is 18.2 Å². The molecular weight excluding hydrogens is 234 g/mol. The zero-order valence-corrected chi connectivity index (χ0v) is 11.4. The summed E-state index contributed by atoms with van der Waals surface area (Å²) in [7, 11) is 0. The van der Waals surface area contributed by atoms with E-state index in [4.69, 9.17) is 9.47 Å². The van der Waals surface area contributed by atoms with Gasteiger partial charge in [-0.05, 0) is 25.7 Å². The number of amides is 1. The minimum atomic E-state index is -0.525. The van der Waals surface area contributed by atoms with Crippen LogP contribution < -0.4 is 5.32 Å². The summed E-state index contributed by atoms with van der Waals surface area (Å²) in [6.45, 7) is 9.82. The van der Waals surface area contributed by atoms with Crippen molar-refractivity contribution in [1.29, 1.82) is 0 Å². The molecule has 5 heteroatoms. The zero-order chi connectivity index (χ0) is 14.0. The van der Waals surface area contributed by atoms with E-state index in [1.165, 1.54) is 0 Å². The maximum absolute atomic E-state index is 11.3. The van der Waals surface area contributed by atoms with Crippen LogP contribution in [0.25, 0.3) is 0 Å². The SMILES string of the molecule is C=CC(=O)OCC(C)OC(=O)NCCCC(C)C. The Morgan fingerprint density at radius 1 is 1.33 bits per heavy atom. The number of ether oxygens (including phenoxy) is 2. The lowest BCUT2D eigenvalue weighted by Gasteiger charge is -2.13. The number of nitrogens with one attached hydrogen (secondary N) is 1. The van der Waals surface area contributed by atoms with E-state index in [-0.39, 0.29) is 6.61 Å². The molecule has 0 spiro atoms. The average Bonchev–Trinajstić information content (AvgIpc) is 2.31. The molecule has 0 heterocycles. The molecular formula is C13H23NO4. The van der Waals surface area contributed by atoms with Gasteiger partial charge in [-0.25, -0.2) is 9.59 Å². The Hall–Kier alpha value is -1.52. The molecule has 0 aliphatic carbocycles. The fraction of sp³-hybridized carbons (Fsp3) is 0.692. The zero-order valence-electron chi connectivity index (χ0n) is 11.4. The van der Waals surface area contributed by atoms with Gasteiger partial charge in [0.15, 0.2) is 0 Å². The number of rotatable bonds is 8. The topological polar surface area (TPSA) is 64.6 Å². The number of hydrogen-bond donors (Lipinski definition) is 1. The summed E-state index contributed by atoms with van der Waals surface area (Å²) < 4.78 is 9.74. The molecule has 0 aromatic rings. The summed E-state index contributed by atoms with van der Waals surface area (Å²) in [5, 5.41) is 2.65. The van der Waals surface area contributed by atoms with E-state index in [0.29, 0.717) is 12.5 Å². The Morgan fingerprint density at radius 2 is 2.00 bits per heavy atom. The first-order valence-electron chi connectivity index (χ1n) is 6.19. The highest BCUT2D eigenvalue weighted by atomic mass is 16.6. The maximum atomic E-state index is 11.3. The third kappa shape index (κ3) is 9.69. The number of carbonyl (C=O) groups is 2. The van der Waals surface area contributed by atoms with Crippen molar-refractivity contribution in [3.8, 4) is 0 Å². The summed E-state index contributed by atoms with van der Waals surface area (Å²) in [6.07, 6.45) is 2.10. The first-order chi connectivity index (χ1) is 8.45. The van der Waals surface area contributed by atoms with Gasteiger partial charge in [0.2, 0.25) is 0 Å². The Bertz CT molecular complexity index is 276. The maximum Gasteiger partial charge on any atom is 0.407 e. The Kier molecular flexibility index (Phi) is 8.70. The van der Waals surface area contributed by atoms with Crippen LogP contribution in [0.15, 0.2) is 12.7 Å². The van der Waals surface area contributed by atoms with Gasteiger partial charge in [-0.3, -0.25) is 0 Å². The first kappa shape index (κ1) is 16.5. The molecule has 0 saturated heterocycles. The van der Waals surface area contributed by atoms with Crippen molar-refractivity contribution in [2.75, 3.05) is 13.2 Å². The molecule has 1 atom stereocenters. The van der Waals surface area contributed by atoms with Gasteiger partial charge >= 0.3 is 12.1 Å². The molecule has 0 rings (SSSR count). The standard InChI is InChI=1S/C13H23NO4/c1-5-12(15)17-9-11(4)18-13(16)14-8-6-7-10(2)3/h5,10-11H,1,6-9H2,2-4H3,(H,14,16). The van der Waals surface area contributed by atoms with Gasteiger partial charge in [0, 0.05) is 12.6 Å². The lowest BCUT2D eigenvalue weighted by atomic mass is 10.1. The van der Waals surface area contributed by atoms with E-state index in [1.54, 1.807) is 6.92 Å². The second-order valence-electron chi connectivity index (χ2n) is 4.51. The highest BCUT2D eigenvalue weighted by Gasteiger charge is 2.10. The Morgan fingerprint density at radius 3 is 2.56 bits per heavy atom.